The molecule has 2 aromatic carbocycles. The maximum atomic E-state index is 12.4. The zero-order chi connectivity index (χ0) is 21.8. The second kappa shape index (κ2) is 9.27. The summed E-state index contributed by atoms with van der Waals surface area (Å²) in [4.78, 5) is 22.8. The molecule has 0 aliphatic carbocycles. The minimum absolute atomic E-state index is 0.0687. The first-order chi connectivity index (χ1) is 15.1. The number of fused-ring (bicyclic) bond motifs is 1. The van der Waals surface area contributed by atoms with Gasteiger partial charge in [0.05, 0.1) is 10.7 Å². The molecule has 8 nitrogen and oxygen atoms in total. The number of carbonyl (C=O) groups excluding carboxylic acids is 1. The predicted molar refractivity (Wildman–Crippen MR) is 124 cm³/mol. The topological polar surface area (TPSA) is 103 Å². The number of anilines is 1. The van der Waals surface area contributed by atoms with E-state index in [1.165, 1.54) is 34.7 Å². The van der Waals surface area contributed by atoms with Crippen molar-refractivity contribution in [2.75, 3.05) is 11.1 Å². The van der Waals surface area contributed by atoms with Crippen molar-refractivity contribution >= 4 is 50.5 Å². The van der Waals surface area contributed by atoms with Gasteiger partial charge in [-0.05, 0) is 18.6 Å². The second-order valence-corrected chi connectivity index (χ2v) is 8.60. The SMILES string of the molecule is CCCn1c(SCC(=O)Nc2cccc([N+](=O)[O-])c2)nnc1-c1csc2ccccc12. The molecule has 2 heterocycles. The van der Waals surface area contributed by atoms with Gasteiger partial charge in [0.1, 0.15) is 0 Å². The lowest BCUT2D eigenvalue weighted by Crippen LogP contribution is -2.14. The number of hydrogen-bond donors (Lipinski definition) is 1. The molecule has 0 aliphatic heterocycles. The third kappa shape index (κ3) is 4.59. The fourth-order valence-electron chi connectivity index (χ4n) is 3.20. The van der Waals surface area contributed by atoms with Crippen molar-refractivity contribution in [1.29, 1.82) is 0 Å². The van der Waals surface area contributed by atoms with E-state index in [1.807, 2.05) is 16.7 Å². The van der Waals surface area contributed by atoms with Crippen molar-refractivity contribution in [2.24, 2.45) is 0 Å². The number of benzene rings is 2. The highest BCUT2D eigenvalue weighted by Gasteiger charge is 2.18. The Morgan fingerprint density at radius 1 is 1.23 bits per heavy atom. The first kappa shape index (κ1) is 21.0. The number of non-ortho nitro benzene ring substituents is 1. The van der Waals surface area contributed by atoms with E-state index < -0.39 is 4.92 Å². The van der Waals surface area contributed by atoms with Crippen LogP contribution in [0.2, 0.25) is 0 Å². The number of nitro groups is 1. The summed E-state index contributed by atoms with van der Waals surface area (Å²) in [6.45, 7) is 2.82. The Hall–Kier alpha value is -3.24. The number of rotatable bonds is 8. The molecule has 0 atom stereocenters. The van der Waals surface area contributed by atoms with Gasteiger partial charge in [-0.25, -0.2) is 0 Å². The average Bonchev–Trinajstić information content (AvgIpc) is 3.36. The van der Waals surface area contributed by atoms with E-state index in [4.69, 9.17) is 0 Å². The predicted octanol–water partition coefficient (Wildman–Crippen LogP) is 5.21. The highest BCUT2D eigenvalue weighted by Crippen LogP contribution is 2.34. The van der Waals surface area contributed by atoms with Crippen LogP contribution in [0.5, 0.6) is 0 Å². The Kier molecular flexibility index (Phi) is 6.28. The molecule has 0 fully saturated rings. The summed E-state index contributed by atoms with van der Waals surface area (Å²) in [5.41, 5.74) is 1.36. The lowest BCUT2D eigenvalue weighted by Gasteiger charge is -2.09. The molecule has 1 amide bonds. The van der Waals surface area contributed by atoms with E-state index in [2.05, 4.69) is 40.0 Å². The number of nitrogens with one attached hydrogen (secondary N) is 1. The van der Waals surface area contributed by atoms with Crippen LogP contribution in [0.4, 0.5) is 11.4 Å². The molecule has 158 valence electrons. The van der Waals surface area contributed by atoms with Crippen molar-refractivity contribution in [2.45, 2.75) is 25.0 Å². The second-order valence-electron chi connectivity index (χ2n) is 6.75. The Bertz CT molecular complexity index is 1250. The van der Waals surface area contributed by atoms with Crippen LogP contribution in [0.1, 0.15) is 13.3 Å². The molecule has 4 rings (SSSR count). The molecule has 0 bridgehead atoms. The van der Waals surface area contributed by atoms with Gasteiger partial charge in [-0.2, -0.15) is 0 Å². The van der Waals surface area contributed by atoms with Crippen molar-refractivity contribution < 1.29 is 9.72 Å². The maximum absolute atomic E-state index is 12.4. The summed E-state index contributed by atoms with van der Waals surface area (Å²) in [5, 5.41) is 26.2. The molecule has 0 spiro atoms. The van der Waals surface area contributed by atoms with E-state index in [0.717, 1.165) is 29.7 Å². The van der Waals surface area contributed by atoms with E-state index in [1.54, 1.807) is 17.4 Å². The van der Waals surface area contributed by atoms with Gasteiger partial charge in [-0.1, -0.05) is 43.0 Å². The van der Waals surface area contributed by atoms with Crippen LogP contribution in [-0.4, -0.2) is 31.3 Å². The normalized spacial score (nSPS) is 11.0. The van der Waals surface area contributed by atoms with Gasteiger partial charge in [0.15, 0.2) is 11.0 Å². The molecule has 31 heavy (non-hydrogen) atoms. The summed E-state index contributed by atoms with van der Waals surface area (Å²) >= 11 is 2.96. The van der Waals surface area contributed by atoms with Gasteiger partial charge in [0.25, 0.3) is 5.69 Å². The van der Waals surface area contributed by atoms with Crippen molar-refractivity contribution in [1.82, 2.24) is 14.8 Å². The Labute approximate surface area is 186 Å². The largest absolute Gasteiger partial charge is 0.325 e. The van der Waals surface area contributed by atoms with Gasteiger partial charge in [-0.3, -0.25) is 14.9 Å². The summed E-state index contributed by atoms with van der Waals surface area (Å²) in [6, 6.07) is 14.1. The van der Waals surface area contributed by atoms with Gasteiger partial charge in [0.2, 0.25) is 5.91 Å². The van der Waals surface area contributed by atoms with Gasteiger partial charge in [0, 0.05) is 45.4 Å². The lowest BCUT2D eigenvalue weighted by atomic mass is 10.1. The van der Waals surface area contributed by atoms with E-state index in [-0.39, 0.29) is 17.3 Å². The van der Waals surface area contributed by atoms with Gasteiger partial charge >= 0.3 is 0 Å². The fraction of sp³-hybridized carbons (Fsp3) is 0.190. The Morgan fingerprint density at radius 2 is 2.06 bits per heavy atom. The number of nitro benzene ring substituents is 1. The van der Waals surface area contributed by atoms with Crippen molar-refractivity contribution in [3.8, 4) is 11.4 Å². The zero-order valence-corrected chi connectivity index (χ0v) is 18.3. The van der Waals surface area contributed by atoms with Crippen LogP contribution in [0.3, 0.4) is 0 Å². The maximum Gasteiger partial charge on any atom is 0.271 e. The Balaban J connectivity index is 1.51. The van der Waals surface area contributed by atoms with Gasteiger partial charge < -0.3 is 9.88 Å². The molecule has 0 radical (unpaired) electrons. The smallest absolute Gasteiger partial charge is 0.271 e. The standard InChI is InChI=1S/C21H19N5O3S2/c1-2-10-25-20(17-12-30-18-9-4-3-8-16(17)18)23-24-21(25)31-13-19(27)22-14-6-5-7-15(11-14)26(28)29/h3-9,11-12H,2,10,13H2,1H3,(H,22,27). The highest BCUT2D eigenvalue weighted by molar-refractivity contribution is 7.99. The quantitative estimate of drug-likeness (QED) is 0.223. The molecule has 0 saturated heterocycles. The third-order valence-electron chi connectivity index (χ3n) is 4.56. The molecule has 0 saturated carbocycles. The van der Waals surface area contributed by atoms with Crippen LogP contribution in [0, 0.1) is 10.1 Å². The minimum atomic E-state index is -0.493. The van der Waals surface area contributed by atoms with Crippen LogP contribution < -0.4 is 5.32 Å². The summed E-state index contributed by atoms with van der Waals surface area (Å²) in [5.74, 6) is 0.648. The summed E-state index contributed by atoms with van der Waals surface area (Å²) in [6.07, 6.45) is 0.903. The van der Waals surface area contributed by atoms with Gasteiger partial charge in [-0.15, -0.1) is 21.5 Å². The number of aromatic nitrogens is 3. The first-order valence-electron chi connectivity index (χ1n) is 9.63. The molecule has 0 aliphatic rings. The van der Waals surface area contributed by atoms with Crippen molar-refractivity contribution in [3.05, 3.63) is 64.0 Å². The number of thioether (sulfide) groups is 1. The zero-order valence-electron chi connectivity index (χ0n) is 16.6. The molecule has 0 unspecified atom stereocenters. The number of hydrogen-bond acceptors (Lipinski definition) is 7. The first-order valence-corrected chi connectivity index (χ1v) is 11.5. The Morgan fingerprint density at radius 3 is 2.87 bits per heavy atom. The third-order valence-corrected chi connectivity index (χ3v) is 6.49. The summed E-state index contributed by atoms with van der Waals surface area (Å²) in [7, 11) is 0. The molecule has 10 heteroatoms. The minimum Gasteiger partial charge on any atom is -0.325 e. The molecule has 1 N–H and O–H groups in total. The van der Waals surface area contributed by atoms with E-state index in [9.17, 15) is 14.9 Å². The van der Waals surface area contributed by atoms with Crippen LogP contribution in [0.25, 0.3) is 21.5 Å². The van der Waals surface area contributed by atoms with Crippen molar-refractivity contribution in [3.63, 3.8) is 0 Å². The molecular formula is C21H19N5O3S2. The summed E-state index contributed by atoms with van der Waals surface area (Å²) < 4.78 is 3.23. The van der Waals surface area contributed by atoms with Crippen LogP contribution in [0.15, 0.2) is 59.1 Å². The van der Waals surface area contributed by atoms with Crippen LogP contribution >= 0.6 is 23.1 Å². The van der Waals surface area contributed by atoms with Crippen LogP contribution in [-0.2, 0) is 11.3 Å². The highest BCUT2D eigenvalue weighted by atomic mass is 32.2. The average molecular weight is 454 g/mol. The molecular weight excluding hydrogens is 434 g/mol. The number of thiophene rings is 1. The van der Waals surface area contributed by atoms with E-state index >= 15 is 0 Å². The lowest BCUT2D eigenvalue weighted by molar-refractivity contribution is -0.384. The fourth-order valence-corrected chi connectivity index (χ4v) is 4.90. The molecule has 4 aromatic rings. The molecule has 2 aromatic heterocycles. The number of carbonyl (C=O) groups is 1. The van der Waals surface area contributed by atoms with E-state index in [0.29, 0.717) is 10.8 Å². The number of nitrogens with zero attached hydrogens (tertiary/aromatic N) is 4. The number of amides is 1. The monoisotopic (exact) mass is 453 g/mol.